The minimum atomic E-state index is -0.221. The predicted molar refractivity (Wildman–Crippen MR) is 103 cm³/mol. The molecule has 1 aromatic carbocycles. The molecule has 1 saturated heterocycles. The van der Waals surface area contributed by atoms with Crippen LogP contribution >= 0.6 is 0 Å². The fraction of sp³-hybridized carbons (Fsp3) is 0.579. The summed E-state index contributed by atoms with van der Waals surface area (Å²) < 4.78 is 10.7. The molecule has 1 aliphatic heterocycles. The number of guanidine groups is 1. The Morgan fingerprint density at radius 2 is 1.96 bits per heavy atom. The quantitative estimate of drug-likeness (QED) is 0.600. The molecule has 0 aliphatic carbocycles. The number of nitrogens with zero attached hydrogens (tertiary/aromatic N) is 2. The molecule has 26 heavy (non-hydrogen) atoms. The number of hydrogen-bond acceptors (Lipinski definition) is 4. The second kappa shape index (κ2) is 10.5. The van der Waals surface area contributed by atoms with E-state index in [1.807, 2.05) is 38.1 Å². The molecule has 7 heteroatoms. The Hall–Kier alpha value is -2.44. The Balaban J connectivity index is 1.81. The van der Waals surface area contributed by atoms with Crippen molar-refractivity contribution >= 4 is 12.1 Å². The van der Waals surface area contributed by atoms with Crippen LogP contribution in [-0.2, 0) is 11.3 Å². The first-order valence-corrected chi connectivity index (χ1v) is 9.27. The molecule has 144 valence electrons. The monoisotopic (exact) mass is 362 g/mol. The summed E-state index contributed by atoms with van der Waals surface area (Å²) in [6, 6.07) is 8.28. The highest BCUT2D eigenvalue weighted by Gasteiger charge is 2.24. The summed E-state index contributed by atoms with van der Waals surface area (Å²) in [5, 5.41) is 6.78. The molecule has 1 aromatic rings. The number of nitrogens with one attached hydrogen (secondary N) is 2. The highest BCUT2D eigenvalue weighted by Crippen LogP contribution is 2.17. The van der Waals surface area contributed by atoms with Gasteiger partial charge in [0.05, 0.1) is 13.2 Å². The van der Waals surface area contributed by atoms with Crippen molar-refractivity contribution in [1.29, 1.82) is 0 Å². The van der Waals surface area contributed by atoms with Crippen LogP contribution in [0.25, 0.3) is 0 Å². The number of para-hydroxylation sites is 1. The number of carbonyl (C=O) groups is 1. The van der Waals surface area contributed by atoms with Crippen LogP contribution in [0.3, 0.4) is 0 Å². The van der Waals surface area contributed by atoms with E-state index in [0.29, 0.717) is 32.8 Å². The van der Waals surface area contributed by atoms with Gasteiger partial charge in [-0.1, -0.05) is 18.2 Å². The molecule has 0 unspecified atom stereocenters. The number of benzene rings is 1. The van der Waals surface area contributed by atoms with E-state index in [9.17, 15) is 4.79 Å². The summed E-state index contributed by atoms with van der Waals surface area (Å²) in [5.41, 5.74) is 1.09. The number of likely N-dealkylation sites (tertiary alicyclic amines) is 1. The van der Waals surface area contributed by atoms with Crippen molar-refractivity contribution in [3.05, 3.63) is 29.8 Å². The maximum absolute atomic E-state index is 11.8. The van der Waals surface area contributed by atoms with Crippen molar-refractivity contribution in [2.45, 2.75) is 39.3 Å². The first-order valence-electron chi connectivity index (χ1n) is 9.27. The predicted octanol–water partition coefficient (Wildman–Crippen LogP) is 2.37. The highest BCUT2D eigenvalue weighted by atomic mass is 16.6. The fourth-order valence-corrected chi connectivity index (χ4v) is 2.93. The van der Waals surface area contributed by atoms with Gasteiger partial charge in [0.2, 0.25) is 0 Å². The standard InChI is InChI=1S/C19H30N4O3/c1-4-25-17-9-7-6-8-15(17)14-21-18(20-3)22-16-10-12-23(13-11-16)19(24)26-5-2/h6-9,16H,4-5,10-14H2,1-3H3,(H2,20,21,22). The van der Waals surface area contributed by atoms with Crippen molar-refractivity contribution in [2.75, 3.05) is 33.4 Å². The van der Waals surface area contributed by atoms with Gasteiger partial charge in [-0.05, 0) is 32.8 Å². The summed E-state index contributed by atoms with van der Waals surface area (Å²) in [6.07, 6.45) is 1.52. The minimum Gasteiger partial charge on any atom is -0.494 e. The number of aliphatic imine (C=N–C) groups is 1. The van der Waals surface area contributed by atoms with Gasteiger partial charge in [0.25, 0.3) is 0 Å². The maximum Gasteiger partial charge on any atom is 0.409 e. The van der Waals surface area contributed by atoms with Crippen LogP contribution in [0.15, 0.2) is 29.3 Å². The van der Waals surface area contributed by atoms with Gasteiger partial charge in [0.1, 0.15) is 5.75 Å². The lowest BCUT2D eigenvalue weighted by atomic mass is 10.1. The van der Waals surface area contributed by atoms with Crippen LogP contribution in [0.5, 0.6) is 5.75 Å². The van der Waals surface area contributed by atoms with Crippen LogP contribution in [0, 0.1) is 0 Å². The molecular formula is C19H30N4O3. The van der Waals surface area contributed by atoms with Gasteiger partial charge in [-0.2, -0.15) is 0 Å². The smallest absolute Gasteiger partial charge is 0.409 e. The van der Waals surface area contributed by atoms with E-state index < -0.39 is 0 Å². The van der Waals surface area contributed by atoms with Crippen molar-refractivity contribution in [1.82, 2.24) is 15.5 Å². The number of rotatable bonds is 6. The van der Waals surface area contributed by atoms with Crippen molar-refractivity contribution in [3.8, 4) is 5.75 Å². The maximum atomic E-state index is 11.8. The van der Waals surface area contributed by atoms with Crippen LogP contribution in [0.1, 0.15) is 32.3 Å². The average molecular weight is 362 g/mol. The Labute approximate surface area is 155 Å². The summed E-state index contributed by atoms with van der Waals surface area (Å²) in [5.74, 6) is 1.64. The first-order chi connectivity index (χ1) is 12.7. The highest BCUT2D eigenvalue weighted by molar-refractivity contribution is 5.80. The molecule has 1 heterocycles. The number of carbonyl (C=O) groups excluding carboxylic acids is 1. The molecular weight excluding hydrogens is 332 g/mol. The second-order valence-electron chi connectivity index (χ2n) is 6.07. The molecule has 2 N–H and O–H groups in total. The van der Waals surface area contributed by atoms with E-state index in [0.717, 1.165) is 30.1 Å². The average Bonchev–Trinajstić information content (AvgIpc) is 2.67. The molecule has 0 aromatic heterocycles. The molecule has 0 bridgehead atoms. The fourth-order valence-electron chi connectivity index (χ4n) is 2.93. The zero-order chi connectivity index (χ0) is 18.8. The zero-order valence-electron chi connectivity index (χ0n) is 16.0. The lowest BCUT2D eigenvalue weighted by Gasteiger charge is -2.32. The Morgan fingerprint density at radius 1 is 1.23 bits per heavy atom. The summed E-state index contributed by atoms with van der Waals surface area (Å²) >= 11 is 0. The number of amides is 1. The molecule has 0 saturated carbocycles. The molecule has 0 atom stereocenters. The van der Waals surface area contributed by atoms with Gasteiger partial charge >= 0.3 is 6.09 Å². The van der Waals surface area contributed by atoms with Crippen molar-refractivity contribution in [2.24, 2.45) is 4.99 Å². The molecule has 0 radical (unpaired) electrons. The lowest BCUT2D eigenvalue weighted by molar-refractivity contribution is 0.0963. The van der Waals surface area contributed by atoms with E-state index in [1.165, 1.54) is 0 Å². The zero-order valence-corrected chi connectivity index (χ0v) is 16.0. The van der Waals surface area contributed by atoms with Gasteiger partial charge in [0, 0.05) is 38.3 Å². The van der Waals surface area contributed by atoms with E-state index >= 15 is 0 Å². The normalized spacial score (nSPS) is 15.5. The summed E-state index contributed by atoms with van der Waals surface area (Å²) in [7, 11) is 1.76. The summed E-state index contributed by atoms with van der Waals surface area (Å²) in [6.45, 7) is 6.89. The molecule has 2 rings (SSSR count). The second-order valence-corrected chi connectivity index (χ2v) is 6.07. The molecule has 0 spiro atoms. The lowest BCUT2D eigenvalue weighted by Crippen LogP contribution is -2.49. The molecule has 1 aliphatic rings. The third-order valence-corrected chi connectivity index (χ3v) is 4.30. The minimum absolute atomic E-state index is 0.221. The Morgan fingerprint density at radius 3 is 2.62 bits per heavy atom. The van der Waals surface area contributed by atoms with E-state index in [4.69, 9.17) is 9.47 Å². The van der Waals surface area contributed by atoms with Gasteiger partial charge in [-0.3, -0.25) is 4.99 Å². The van der Waals surface area contributed by atoms with Crippen LogP contribution in [0.2, 0.25) is 0 Å². The van der Waals surface area contributed by atoms with E-state index in [-0.39, 0.29) is 12.1 Å². The Bertz CT molecular complexity index is 598. The van der Waals surface area contributed by atoms with Crippen LogP contribution < -0.4 is 15.4 Å². The van der Waals surface area contributed by atoms with E-state index in [1.54, 1.807) is 11.9 Å². The van der Waals surface area contributed by atoms with Gasteiger partial charge in [-0.15, -0.1) is 0 Å². The van der Waals surface area contributed by atoms with Gasteiger partial charge < -0.3 is 25.0 Å². The van der Waals surface area contributed by atoms with Gasteiger partial charge in [-0.25, -0.2) is 4.79 Å². The SMILES string of the molecule is CCOC(=O)N1CCC(NC(=NC)NCc2ccccc2OCC)CC1. The van der Waals surface area contributed by atoms with Crippen molar-refractivity contribution in [3.63, 3.8) is 0 Å². The number of piperidine rings is 1. The summed E-state index contributed by atoms with van der Waals surface area (Å²) in [4.78, 5) is 17.8. The molecule has 1 fully saturated rings. The third-order valence-electron chi connectivity index (χ3n) is 4.30. The molecule has 7 nitrogen and oxygen atoms in total. The van der Waals surface area contributed by atoms with Crippen LogP contribution in [-0.4, -0.2) is 56.3 Å². The first kappa shape index (κ1) is 19.9. The third kappa shape index (κ3) is 5.82. The number of ether oxygens (including phenoxy) is 2. The number of hydrogen-bond donors (Lipinski definition) is 2. The van der Waals surface area contributed by atoms with Crippen molar-refractivity contribution < 1.29 is 14.3 Å². The van der Waals surface area contributed by atoms with Crippen LogP contribution in [0.4, 0.5) is 4.79 Å². The Kier molecular flexibility index (Phi) is 8.05. The van der Waals surface area contributed by atoms with Gasteiger partial charge in [0.15, 0.2) is 5.96 Å². The molecule has 1 amide bonds. The van der Waals surface area contributed by atoms with E-state index in [2.05, 4.69) is 15.6 Å². The largest absolute Gasteiger partial charge is 0.494 e. The topological polar surface area (TPSA) is 75.2 Å².